The number of piperazine rings is 1. The van der Waals surface area contributed by atoms with Crippen molar-refractivity contribution in [1.82, 2.24) is 5.32 Å². The van der Waals surface area contributed by atoms with Crippen LogP contribution < -0.4 is 10.2 Å². The van der Waals surface area contributed by atoms with Gasteiger partial charge in [0.15, 0.2) is 0 Å². The van der Waals surface area contributed by atoms with Crippen molar-refractivity contribution in [1.29, 1.82) is 0 Å². The summed E-state index contributed by atoms with van der Waals surface area (Å²) in [4.78, 5) is 14.7. The predicted molar refractivity (Wildman–Crippen MR) is 82.5 cm³/mol. The largest absolute Gasteiger partial charge is 0.303 e. The first-order valence-corrected chi connectivity index (χ1v) is 7.30. The number of benzene rings is 1. The Labute approximate surface area is 123 Å². The Kier molecular flexibility index (Phi) is 3.52. The van der Waals surface area contributed by atoms with Crippen LogP contribution in [0.1, 0.15) is 33.3 Å². The van der Waals surface area contributed by atoms with Gasteiger partial charge < -0.3 is 10.2 Å². The topological polar surface area (TPSA) is 32.3 Å². The molecule has 0 saturated carbocycles. The number of amides is 1. The van der Waals surface area contributed by atoms with E-state index in [2.05, 4.69) is 35.1 Å². The van der Waals surface area contributed by atoms with Crippen molar-refractivity contribution >= 4 is 27.5 Å². The van der Waals surface area contributed by atoms with Crippen LogP contribution in [0.15, 0.2) is 22.7 Å². The Hall–Kier alpha value is -0.870. The fraction of sp³-hybridized carbons (Fsp3) is 0.533. The third kappa shape index (κ3) is 2.56. The molecule has 1 amide bonds. The molecule has 1 aromatic rings. The predicted octanol–water partition coefficient (Wildman–Crippen LogP) is 3.25. The van der Waals surface area contributed by atoms with Gasteiger partial charge >= 0.3 is 0 Å². The molecular weight excluding hydrogens is 304 g/mol. The minimum Gasteiger partial charge on any atom is -0.303 e. The molecule has 1 N–H and O–H groups in total. The number of hydrogen-bond donors (Lipinski definition) is 1. The maximum Gasteiger partial charge on any atom is 0.247 e. The molecule has 0 bridgehead atoms. The zero-order valence-electron chi connectivity index (χ0n) is 12.2. The molecule has 3 nitrogen and oxygen atoms in total. The Morgan fingerprint density at radius 2 is 1.89 bits per heavy atom. The summed E-state index contributed by atoms with van der Waals surface area (Å²) in [6, 6.07) is 6.10. The third-order valence-corrected chi connectivity index (χ3v) is 4.29. The van der Waals surface area contributed by atoms with E-state index < -0.39 is 5.54 Å². The molecule has 0 aliphatic carbocycles. The second-order valence-corrected chi connectivity index (χ2v) is 7.24. The molecule has 104 valence electrons. The summed E-state index contributed by atoms with van der Waals surface area (Å²) in [6.07, 6.45) is 0. The van der Waals surface area contributed by atoms with Gasteiger partial charge in [0.1, 0.15) is 0 Å². The van der Waals surface area contributed by atoms with Gasteiger partial charge in [-0.2, -0.15) is 0 Å². The van der Waals surface area contributed by atoms with E-state index in [1.165, 1.54) is 5.56 Å². The van der Waals surface area contributed by atoms with E-state index in [-0.39, 0.29) is 11.4 Å². The van der Waals surface area contributed by atoms with E-state index in [1.54, 1.807) is 0 Å². The molecule has 1 aromatic carbocycles. The second-order valence-electron chi connectivity index (χ2n) is 6.39. The van der Waals surface area contributed by atoms with Crippen LogP contribution in [-0.2, 0) is 4.79 Å². The normalized spacial score (nSPS) is 21.6. The number of carbonyl (C=O) groups excluding carboxylic acids is 1. The highest BCUT2D eigenvalue weighted by molar-refractivity contribution is 9.10. The van der Waals surface area contributed by atoms with Crippen LogP contribution in [0.25, 0.3) is 0 Å². The summed E-state index contributed by atoms with van der Waals surface area (Å²) in [6.45, 7) is 10.8. The van der Waals surface area contributed by atoms with Gasteiger partial charge in [-0.15, -0.1) is 0 Å². The van der Waals surface area contributed by atoms with Gasteiger partial charge in [0.25, 0.3) is 0 Å². The summed E-state index contributed by atoms with van der Waals surface area (Å²) in [5.74, 6) is 0.105. The number of halogens is 1. The van der Waals surface area contributed by atoms with Crippen LogP contribution in [0, 0.1) is 6.92 Å². The van der Waals surface area contributed by atoms with Crippen LogP contribution in [0.2, 0.25) is 0 Å². The van der Waals surface area contributed by atoms with Crippen LogP contribution >= 0.6 is 15.9 Å². The van der Waals surface area contributed by atoms with Crippen molar-refractivity contribution in [3.8, 4) is 0 Å². The number of hydrogen-bond acceptors (Lipinski definition) is 2. The fourth-order valence-corrected chi connectivity index (χ4v) is 3.05. The number of aryl methyl sites for hydroxylation is 1. The lowest BCUT2D eigenvalue weighted by Crippen LogP contribution is -2.69. The van der Waals surface area contributed by atoms with Crippen LogP contribution in [0.5, 0.6) is 0 Å². The Morgan fingerprint density at radius 1 is 1.26 bits per heavy atom. The van der Waals surface area contributed by atoms with Gasteiger partial charge in [0.2, 0.25) is 5.91 Å². The Morgan fingerprint density at radius 3 is 2.47 bits per heavy atom. The molecule has 1 saturated heterocycles. The minimum atomic E-state index is -0.528. The Bertz CT molecular complexity index is 523. The molecule has 19 heavy (non-hydrogen) atoms. The van der Waals surface area contributed by atoms with E-state index in [9.17, 15) is 4.79 Å². The number of nitrogens with one attached hydrogen (secondary N) is 1. The molecule has 0 radical (unpaired) electrons. The van der Waals surface area contributed by atoms with Gasteiger partial charge in [-0.3, -0.25) is 4.79 Å². The molecule has 4 heteroatoms. The van der Waals surface area contributed by atoms with Crippen molar-refractivity contribution in [3.05, 3.63) is 28.2 Å². The molecule has 0 unspecified atom stereocenters. The van der Waals surface area contributed by atoms with E-state index in [0.717, 1.165) is 16.7 Å². The number of anilines is 1. The fourth-order valence-electron chi connectivity index (χ4n) is 2.38. The number of carbonyl (C=O) groups is 1. The molecule has 1 aliphatic heterocycles. The second kappa shape index (κ2) is 4.60. The smallest absolute Gasteiger partial charge is 0.247 e. The van der Waals surface area contributed by atoms with Crippen LogP contribution in [0.3, 0.4) is 0 Å². The molecule has 0 atom stereocenters. The number of rotatable bonds is 1. The minimum absolute atomic E-state index is 0.105. The van der Waals surface area contributed by atoms with Gasteiger partial charge in [0.05, 0.1) is 16.8 Å². The molecule has 1 heterocycles. The lowest BCUT2D eigenvalue weighted by atomic mass is 9.90. The average molecular weight is 325 g/mol. The van der Waals surface area contributed by atoms with E-state index in [1.807, 2.05) is 43.9 Å². The highest BCUT2D eigenvalue weighted by Crippen LogP contribution is 2.36. The molecular formula is C15H21BrN2O. The maximum absolute atomic E-state index is 12.7. The first-order valence-electron chi connectivity index (χ1n) is 6.51. The molecule has 0 aromatic heterocycles. The van der Waals surface area contributed by atoms with E-state index >= 15 is 0 Å². The lowest BCUT2D eigenvalue weighted by Gasteiger charge is -2.49. The van der Waals surface area contributed by atoms with E-state index in [0.29, 0.717) is 0 Å². The molecule has 2 rings (SSSR count). The maximum atomic E-state index is 12.7. The first-order chi connectivity index (χ1) is 8.65. The quantitative estimate of drug-likeness (QED) is 0.860. The van der Waals surface area contributed by atoms with Gasteiger partial charge in [-0.25, -0.2) is 0 Å². The van der Waals surface area contributed by atoms with Gasteiger partial charge in [-0.05, 0) is 68.2 Å². The van der Waals surface area contributed by atoms with Crippen molar-refractivity contribution in [2.24, 2.45) is 0 Å². The zero-order valence-corrected chi connectivity index (χ0v) is 13.8. The van der Waals surface area contributed by atoms with Crippen molar-refractivity contribution in [3.63, 3.8) is 0 Å². The highest BCUT2D eigenvalue weighted by atomic mass is 79.9. The van der Waals surface area contributed by atoms with Gasteiger partial charge in [0, 0.05) is 11.0 Å². The molecule has 1 aliphatic rings. The van der Waals surface area contributed by atoms with Crippen LogP contribution in [-0.4, -0.2) is 23.5 Å². The van der Waals surface area contributed by atoms with Crippen molar-refractivity contribution in [2.45, 2.75) is 45.7 Å². The highest BCUT2D eigenvalue weighted by Gasteiger charge is 2.45. The Balaban J connectivity index is 2.52. The third-order valence-electron chi connectivity index (χ3n) is 3.65. The average Bonchev–Trinajstić information content (AvgIpc) is 2.28. The summed E-state index contributed by atoms with van der Waals surface area (Å²) in [7, 11) is 0. The monoisotopic (exact) mass is 324 g/mol. The molecule has 1 fully saturated rings. The van der Waals surface area contributed by atoms with E-state index in [4.69, 9.17) is 0 Å². The summed E-state index contributed by atoms with van der Waals surface area (Å²) >= 11 is 3.59. The van der Waals surface area contributed by atoms with Crippen LogP contribution in [0.4, 0.5) is 5.69 Å². The number of nitrogens with zero attached hydrogens (tertiary/aromatic N) is 1. The first kappa shape index (κ1) is 14.5. The van der Waals surface area contributed by atoms with Crippen molar-refractivity contribution < 1.29 is 4.79 Å². The summed E-state index contributed by atoms with van der Waals surface area (Å²) < 4.78 is 0.964. The molecule has 0 spiro atoms. The zero-order chi connectivity index (χ0) is 14.4. The van der Waals surface area contributed by atoms with Crippen molar-refractivity contribution in [2.75, 3.05) is 11.4 Å². The summed E-state index contributed by atoms with van der Waals surface area (Å²) in [5.41, 5.74) is 1.34. The lowest BCUT2D eigenvalue weighted by molar-refractivity contribution is -0.126. The SMILES string of the molecule is Cc1ccc(N2C(=O)C(C)(C)NCC2(C)C)c(Br)c1. The summed E-state index contributed by atoms with van der Waals surface area (Å²) in [5, 5.41) is 3.32. The standard InChI is InChI=1S/C15H21BrN2O/c1-10-6-7-12(11(16)8-10)18-13(19)15(4,5)17-9-14(18,2)3/h6-8,17H,9H2,1-5H3. The van der Waals surface area contributed by atoms with Gasteiger partial charge in [-0.1, -0.05) is 6.07 Å².